The van der Waals surface area contributed by atoms with Crippen molar-refractivity contribution in [3.63, 3.8) is 0 Å². The van der Waals surface area contributed by atoms with Gasteiger partial charge in [-0.25, -0.2) is 0 Å². The number of piperazine rings is 1. The molecule has 1 aromatic heterocycles. The van der Waals surface area contributed by atoms with Crippen LogP contribution in [0.5, 0.6) is 0 Å². The molecule has 0 saturated carbocycles. The normalized spacial score (nSPS) is 18.9. The molecule has 1 fully saturated rings. The number of aliphatic hydroxyl groups is 1. The molecule has 0 bridgehead atoms. The van der Waals surface area contributed by atoms with E-state index in [1.807, 2.05) is 4.90 Å². The molecule has 1 aliphatic heterocycles. The number of nitrogens with zero attached hydrogens (tertiary/aromatic N) is 2. The molecule has 0 aromatic carbocycles. The van der Waals surface area contributed by atoms with E-state index in [1.165, 1.54) is 6.26 Å². The summed E-state index contributed by atoms with van der Waals surface area (Å²) in [6.45, 7) is 5.42. The van der Waals surface area contributed by atoms with Crippen molar-refractivity contribution in [2.24, 2.45) is 0 Å². The molecule has 1 aliphatic rings. The predicted molar refractivity (Wildman–Crippen MR) is 70.4 cm³/mol. The van der Waals surface area contributed by atoms with Crippen LogP contribution in [0.15, 0.2) is 21.4 Å². The zero-order valence-electron chi connectivity index (χ0n) is 10.3. The third-order valence-corrected chi connectivity index (χ3v) is 3.41. The van der Waals surface area contributed by atoms with Crippen molar-refractivity contribution in [2.75, 3.05) is 32.7 Å². The molecule has 2 heterocycles. The van der Waals surface area contributed by atoms with E-state index >= 15 is 0 Å². The third-order valence-electron chi connectivity index (χ3n) is 3.00. The maximum absolute atomic E-state index is 12.1. The highest BCUT2D eigenvalue weighted by Gasteiger charge is 2.23. The summed E-state index contributed by atoms with van der Waals surface area (Å²) in [6.07, 6.45) is 1.14. The molecular formula is C12H17BrN2O3. The van der Waals surface area contributed by atoms with E-state index in [0.717, 1.165) is 13.1 Å². The summed E-state index contributed by atoms with van der Waals surface area (Å²) in [4.78, 5) is 16.1. The SMILES string of the molecule is CC(O)CN1CCN(C(=O)c2coc(Br)c2)CC1. The van der Waals surface area contributed by atoms with Crippen molar-refractivity contribution in [3.05, 3.63) is 22.6 Å². The molecule has 6 heteroatoms. The van der Waals surface area contributed by atoms with Crippen LogP contribution in [0.25, 0.3) is 0 Å². The monoisotopic (exact) mass is 316 g/mol. The Morgan fingerprint density at radius 2 is 2.17 bits per heavy atom. The molecule has 0 radical (unpaired) electrons. The zero-order valence-corrected chi connectivity index (χ0v) is 11.9. The lowest BCUT2D eigenvalue weighted by atomic mass is 10.2. The molecule has 1 aromatic rings. The van der Waals surface area contributed by atoms with Gasteiger partial charge in [0, 0.05) is 38.8 Å². The Kier molecular flexibility index (Phi) is 4.42. The number of carbonyl (C=O) groups is 1. The van der Waals surface area contributed by atoms with Gasteiger partial charge in [-0.05, 0) is 22.9 Å². The smallest absolute Gasteiger partial charge is 0.257 e. The van der Waals surface area contributed by atoms with E-state index in [2.05, 4.69) is 20.8 Å². The van der Waals surface area contributed by atoms with Crippen LogP contribution in [0, 0.1) is 0 Å². The molecule has 0 aliphatic carbocycles. The van der Waals surface area contributed by atoms with Gasteiger partial charge < -0.3 is 14.4 Å². The number of amides is 1. The number of carbonyl (C=O) groups excluding carboxylic acids is 1. The molecule has 2 rings (SSSR count). The second-order valence-corrected chi connectivity index (χ2v) is 5.36. The molecule has 1 saturated heterocycles. The highest BCUT2D eigenvalue weighted by molar-refractivity contribution is 9.10. The van der Waals surface area contributed by atoms with Crippen molar-refractivity contribution >= 4 is 21.8 Å². The lowest BCUT2D eigenvalue weighted by Crippen LogP contribution is -2.50. The van der Waals surface area contributed by atoms with Crippen LogP contribution in [-0.2, 0) is 0 Å². The number of hydrogen-bond acceptors (Lipinski definition) is 4. The lowest BCUT2D eigenvalue weighted by Gasteiger charge is -2.35. The average molecular weight is 317 g/mol. The largest absolute Gasteiger partial charge is 0.457 e. The van der Waals surface area contributed by atoms with Gasteiger partial charge in [0.2, 0.25) is 0 Å². The first-order valence-corrected chi connectivity index (χ1v) is 6.79. The molecule has 1 amide bonds. The molecule has 5 nitrogen and oxygen atoms in total. The van der Waals surface area contributed by atoms with E-state index in [-0.39, 0.29) is 12.0 Å². The lowest BCUT2D eigenvalue weighted by molar-refractivity contribution is 0.0553. The van der Waals surface area contributed by atoms with Gasteiger partial charge in [0.05, 0.1) is 11.7 Å². The first-order chi connectivity index (χ1) is 8.56. The van der Waals surface area contributed by atoms with Crippen molar-refractivity contribution in [1.29, 1.82) is 0 Å². The summed E-state index contributed by atoms with van der Waals surface area (Å²) < 4.78 is 5.64. The second kappa shape index (κ2) is 5.86. The van der Waals surface area contributed by atoms with Crippen LogP contribution < -0.4 is 0 Å². The van der Waals surface area contributed by atoms with Crippen LogP contribution in [0.2, 0.25) is 0 Å². The van der Waals surface area contributed by atoms with Crippen LogP contribution in [0.3, 0.4) is 0 Å². The van der Waals surface area contributed by atoms with Gasteiger partial charge in [0.15, 0.2) is 4.67 Å². The maximum Gasteiger partial charge on any atom is 0.257 e. The van der Waals surface area contributed by atoms with Gasteiger partial charge in [-0.2, -0.15) is 0 Å². The van der Waals surface area contributed by atoms with Gasteiger partial charge in [0.1, 0.15) is 6.26 Å². The van der Waals surface area contributed by atoms with Crippen LogP contribution in [0.4, 0.5) is 0 Å². The number of halogens is 1. The highest BCUT2D eigenvalue weighted by Crippen LogP contribution is 2.16. The predicted octanol–water partition coefficient (Wildman–Crippen LogP) is 1.18. The van der Waals surface area contributed by atoms with Gasteiger partial charge >= 0.3 is 0 Å². The Morgan fingerprint density at radius 1 is 1.50 bits per heavy atom. The summed E-state index contributed by atoms with van der Waals surface area (Å²) in [5.41, 5.74) is 0.575. The average Bonchev–Trinajstić information content (AvgIpc) is 2.75. The Hall–Kier alpha value is -0.850. The fourth-order valence-corrected chi connectivity index (χ4v) is 2.45. The Bertz CT molecular complexity index is 411. The number of β-amino-alcohol motifs (C(OH)–C–C–N with tert-alkyl or cyclic N) is 1. The standard InChI is InChI=1S/C12H17BrN2O3/c1-9(16)7-14-2-4-15(5-3-14)12(17)10-6-11(13)18-8-10/h6,8-9,16H,2-5,7H2,1H3. The van der Waals surface area contributed by atoms with Gasteiger partial charge in [-0.3, -0.25) is 9.69 Å². The number of aliphatic hydroxyl groups excluding tert-OH is 1. The van der Waals surface area contributed by atoms with E-state index in [0.29, 0.717) is 29.9 Å². The maximum atomic E-state index is 12.1. The number of furan rings is 1. The quantitative estimate of drug-likeness (QED) is 0.910. The fraction of sp³-hybridized carbons (Fsp3) is 0.583. The van der Waals surface area contributed by atoms with Crippen LogP contribution in [-0.4, -0.2) is 59.6 Å². The van der Waals surface area contributed by atoms with E-state index in [4.69, 9.17) is 4.42 Å². The molecular weight excluding hydrogens is 300 g/mol. The minimum Gasteiger partial charge on any atom is -0.457 e. The van der Waals surface area contributed by atoms with Crippen molar-refractivity contribution in [3.8, 4) is 0 Å². The zero-order chi connectivity index (χ0) is 13.1. The molecule has 1 N–H and O–H groups in total. The summed E-state index contributed by atoms with van der Waals surface area (Å²) in [6, 6.07) is 1.69. The highest BCUT2D eigenvalue weighted by atomic mass is 79.9. The van der Waals surface area contributed by atoms with Crippen LogP contribution >= 0.6 is 15.9 Å². The summed E-state index contributed by atoms with van der Waals surface area (Å²) in [5, 5.41) is 9.32. The van der Waals surface area contributed by atoms with Crippen molar-refractivity contribution in [1.82, 2.24) is 9.80 Å². The van der Waals surface area contributed by atoms with E-state index < -0.39 is 0 Å². The molecule has 18 heavy (non-hydrogen) atoms. The Balaban J connectivity index is 1.88. The van der Waals surface area contributed by atoms with Gasteiger partial charge in [-0.15, -0.1) is 0 Å². The molecule has 100 valence electrons. The Morgan fingerprint density at radius 3 is 2.67 bits per heavy atom. The third kappa shape index (κ3) is 3.34. The molecule has 0 spiro atoms. The summed E-state index contributed by atoms with van der Waals surface area (Å²) >= 11 is 3.19. The van der Waals surface area contributed by atoms with E-state index in [9.17, 15) is 9.90 Å². The molecule has 1 unspecified atom stereocenters. The minimum atomic E-state index is -0.322. The minimum absolute atomic E-state index is 0.00106. The topological polar surface area (TPSA) is 56.9 Å². The summed E-state index contributed by atoms with van der Waals surface area (Å²) in [5.74, 6) is 0.00106. The van der Waals surface area contributed by atoms with Gasteiger partial charge in [0.25, 0.3) is 5.91 Å². The fourth-order valence-electron chi connectivity index (χ4n) is 2.11. The Labute approximate surface area is 114 Å². The first kappa shape index (κ1) is 13.6. The summed E-state index contributed by atoms with van der Waals surface area (Å²) in [7, 11) is 0. The van der Waals surface area contributed by atoms with Crippen LogP contribution in [0.1, 0.15) is 17.3 Å². The molecule has 1 atom stereocenters. The number of rotatable bonds is 3. The first-order valence-electron chi connectivity index (χ1n) is 6.00. The second-order valence-electron chi connectivity index (χ2n) is 4.58. The van der Waals surface area contributed by atoms with Gasteiger partial charge in [-0.1, -0.05) is 0 Å². The van der Waals surface area contributed by atoms with E-state index in [1.54, 1.807) is 13.0 Å². The van der Waals surface area contributed by atoms with Crippen molar-refractivity contribution < 1.29 is 14.3 Å². The number of hydrogen-bond donors (Lipinski definition) is 1. The van der Waals surface area contributed by atoms with Crippen molar-refractivity contribution in [2.45, 2.75) is 13.0 Å².